The molecule has 4 rings (SSSR count). The standard InChI is InChI=1S/C24H23N5O3/c1-16-19(18-7-4-3-5-8-18)9-6-10-21(16)27-24(31)20-11-17(12-25-13-22(30)32-2)14-29-15-26-28-23(20)29/h3-11,14-15,25H,12-13H2,1-2H3,(H,27,31). The van der Waals surface area contributed by atoms with Crippen molar-refractivity contribution in [2.24, 2.45) is 0 Å². The SMILES string of the molecule is COC(=O)CNCc1cc(C(=O)Nc2cccc(-c3ccccc3)c2C)c2nncn2c1. The number of rotatable bonds is 7. The number of carbonyl (C=O) groups is 2. The molecule has 2 aromatic heterocycles. The molecule has 0 atom stereocenters. The zero-order chi connectivity index (χ0) is 22.5. The van der Waals surface area contributed by atoms with Crippen LogP contribution < -0.4 is 10.6 Å². The summed E-state index contributed by atoms with van der Waals surface area (Å²) in [5.41, 5.74) is 5.49. The third kappa shape index (κ3) is 4.50. The molecule has 32 heavy (non-hydrogen) atoms. The molecule has 1 amide bonds. The van der Waals surface area contributed by atoms with Crippen molar-refractivity contribution in [1.29, 1.82) is 0 Å². The Labute approximate surface area is 185 Å². The Hall–Kier alpha value is -4.04. The van der Waals surface area contributed by atoms with E-state index in [1.807, 2.05) is 61.7 Å². The zero-order valence-electron chi connectivity index (χ0n) is 17.8. The van der Waals surface area contributed by atoms with E-state index in [-0.39, 0.29) is 18.4 Å². The molecule has 0 fully saturated rings. The Morgan fingerprint density at radius 1 is 1.09 bits per heavy atom. The molecular weight excluding hydrogens is 406 g/mol. The van der Waals surface area contributed by atoms with Crippen LogP contribution in [0.1, 0.15) is 21.5 Å². The number of nitrogens with one attached hydrogen (secondary N) is 2. The summed E-state index contributed by atoms with van der Waals surface area (Å²) in [6, 6.07) is 17.6. The van der Waals surface area contributed by atoms with Crippen LogP contribution in [0.5, 0.6) is 0 Å². The highest BCUT2D eigenvalue weighted by molar-refractivity contribution is 6.09. The first-order valence-electron chi connectivity index (χ1n) is 10.1. The van der Waals surface area contributed by atoms with Crippen molar-refractivity contribution < 1.29 is 14.3 Å². The molecule has 4 aromatic rings. The number of carbonyl (C=O) groups excluding carboxylic acids is 2. The zero-order valence-corrected chi connectivity index (χ0v) is 17.8. The summed E-state index contributed by atoms with van der Waals surface area (Å²) in [4.78, 5) is 24.6. The monoisotopic (exact) mass is 429 g/mol. The third-order valence-corrected chi connectivity index (χ3v) is 5.19. The van der Waals surface area contributed by atoms with Crippen molar-refractivity contribution >= 4 is 23.2 Å². The van der Waals surface area contributed by atoms with Gasteiger partial charge in [-0.05, 0) is 41.3 Å². The van der Waals surface area contributed by atoms with Crippen molar-refractivity contribution in [2.45, 2.75) is 13.5 Å². The maximum absolute atomic E-state index is 13.2. The highest BCUT2D eigenvalue weighted by Crippen LogP contribution is 2.29. The van der Waals surface area contributed by atoms with Crippen LogP contribution in [0.25, 0.3) is 16.8 Å². The summed E-state index contributed by atoms with van der Waals surface area (Å²) in [6.07, 6.45) is 3.36. The van der Waals surface area contributed by atoms with Crippen molar-refractivity contribution in [3.63, 3.8) is 0 Å². The van der Waals surface area contributed by atoms with Crippen molar-refractivity contribution in [2.75, 3.05) is 19.0 Å². The highest BCUT2D eigenvalue weighted by atomic mass is 16.5. The molecule has 8 nitrogen and oxygen atoms in total. The Kier molecular flexibility index (Phi) is 6.23. The molecule has 8 heteroatoms. The van der Waals surface area contributed by atoms with E-state index in [1.54, 1.807) is 10.5 Å². The van der Waals surface area contributed by atoms with Gasteiger partial charge in [0.25, 0.3) is 5.91 Å². The van der Waals surface area contributed by atoms with Crippen molar-refractivity contribution in [3.05, 3.63) is 83.8 Å². The summed E-state index contributed by atoms with van der Waals surface area (Å²) in [5.74, 6) is -0.645. The van der Waals surface area contributed by atoms with E-state index in [4.69, 9.17) is 0 Å². The number of hydrogen-bond acceptors (Lipinski definition) is 6. The number of ether oxygens (including phenoxy) is 1. The van der Waals surface area contributed by atoms with Crippen LogP contribution in [0.2, 0.25) is 0 Å². The molecule has 0 unspecified atom stereocenters. The van der Waals surface area contributed by atoms with E-state index >= 15 is 0 Å². The largest absolute Gasteiger partial charge is 0.468 e. The second-order valence-corrected chi connectivity index (χ2v) is 7.30. The van der Waals surface area contributed by atoms with Gasteiger partial charge in [-0.15, -0.1) is 10.2 Å². The topological polar surface area (TPSA) is 97.6 Å². The first-order chi connectivity index (χ1) is 15.6. The lowest BCUT2D eigenvalue weighted by atomic mass is 9.99. The van der Waals surface area contributed by atoms with Crippen molar-refractivity contribution in [1.82, 2.24) is 19.9 Å². The summed E-state index contributed by atoms with van der Waals surface area (Å²) in [7, 11) is 1.34. The van der Waals surface area contributed by atoms with Gasteiger partial charge in [-0.1, -0.05) is 42.5 Å². The number of amides is 1. The van der Waals surface area contributed by atoms with Gasteiger partial charge in [0.2, 0.25) is 0 Å². The third-order valence-electron chi connectivity index (χ3n) is 5.19. The van der Waals surface area contributed by atoms with Crippen molar-refractivity contribution in [3.8, 4) is 11.1 Å². The molecule has 162 valence electrons. The van der Waals surface area contributed by atoms with Crippen LogP contribution in [0.15, 0.2) is 67.1 Å². The molecular formula is C24H23N5O3. The van der Waals surface area contributed by atoms with Gasteiger partial charge in [0, 0.05) is 18.4 Å². The molecule has 0 radical (unpaired) electrons. The number of nitrogens with zero attached hydrogens (tertiary/aromatic N) is 3. The normalized spacial score (nSPS) is 10.8. The maximum Gasteiger partial charge on any atom is 0.319 e. The van der Waals surface area contributed by atoms with Crippen LogP contribution >= 0.6 is 0 Å². The molecule has 0 saturated carbocycles. The molecule has 0 spiro atoms. The predicted octanol–water partition coefficient (Wildman–Crippen LogP) is 3.22. The van der Waals surface area contributed by atoms with E-state index in [0.29, 0.717) is 17.8 Å². The summed E-state index contributed by atoms with van der Waals surface area (Å²) >= 11 is 0. The van der Waals surface area contributed by atoms with Crippen LogP contribution in [0.3, 0.4) is 0 Å². The first kappa shape index (κ1) is 21.2. The summed E-state index contributed by atoms with van der Waals surface area (Å²) in [5, 5.41) is 14.0. The van der Waals surface area contributed by atoms with E-state index in [2.05, 4.69) is 25.6 Å². The van der Waals surface area contributed by atoms with Gasteiger partial charge in [-0.25, -0.2) is 0 Å². The minimum atomic E-state index is -0.359. The summed E-state index contributed by atoms with van der Waals surface area (Å²) < 4.78 is 6.33. The number of methoxy groups -OCH3 is 1. The van der Waals surface area contributed by atoms with Gasteiger partial charge >= 0.3 is 5.97 Å². The molecule has 0 bridgehead atoms. The number of benzene rings is 2. The van der Waals surface area contributed by atoms with Gasteiger partial charge in [0.05, 0.1) is 19.2 Å². The molecule has 0 aliphatic carbocycles. The highest BCUT2D eigenvalue weighted by Gasteiger charge is 2.16. The number of aromatic nitrogens is 3. The lowest BCUT2D eigenvalue weighted by Crippen LogP contribution is -2.24. The number of anilines is 1. The smallest absolute Gasteiger partial charge is 0.319 e. The van der Waals surface area contributed by atoms with Gasteiger partial charge in [0.1, 0.15) is 6.33 Å². The first-order valence-corrected chi connectivity index (χ1v) is 10.1. The Bertz CT molecular complexity index is 1270. The Morgan fingerprint density at radius 2 is 1.91 bits per heavy atom. The van der Waals surface area contributed by atoms with Gasteiger partial charge < -0.3 is 15.4 Å². The Balaban J connectivity index is 1.60. The fourth-order valence-corrected chi connectivity index (χ4v) is 3.53. The van der Waals surface area contributed by atoms with Gasteiger partial charge in [-0.3, -0.25) is 14.0 Å². The van der Waals surface area contributed by atoms with Crippen LogP contribution in [0.4, 0.5) is 5.69 Å². The molecule has 0 saturated heterocycles. The minimum absolute atomic E-state index is 0.0731. The maximum atomic E-state index is 13.2. The molecule has 2 N–H and O–H groups in total. The molecule has 0 aliphatic heterocycles. The van der Waals surface area contributed by atoms with Crippen LogP contribution in [-0.4, -0.2) is 40.1 Å². The molecule has 2 heterocycles. The second-order valence-electron chi connectivity index (χ2n) is 7.30. The average Bonchev–Trinajstić information content (AvgIpc) is 3.29. The van der Waals surface area contributed by atoms with E-state index in [1.165, 1.54) is 13.4 Å². The second kappa shape index (κ2) is 9.40. The van der Waals surface area contributed by atoms with Gasteiger partial charge in [-0.2, -0.15) is 0 Å². The van der Waals surface area contributed by atoms with E-state index < -0.39 is 0 Å². The van der Waals surface area contributed by atoms with E-state index in [9.17, 15) is 9.59 Å². The summed E-state index contributed by atoms with van der Waals surface area (Å²) in [6.45, 7) is 2.44. The van der Waals surface area contributed by atoms with Gasteiger partial charge in [0.15, 0.2) is 5.65 Å². The fraction of sp³-hybridized carbons (Fsp3) is 0.167. The lowest BCUT2D eigenvalue weighted by molar-refractivity contribution is -0.139. The Morgan fingerprint density at radius 3 is 2.69 bits per heavy atom. The fourth-order valence-electron chi connectivity index (χ4n) is 3.53. The number of fused-ring (bicyclic) bond motifs is 1. The minimum Gasteiger partial charge on any atom is -0.468 e. The number of hydrogen-bond donors (Lipinski definition) is 2. The lowest BCUT2D eigenvalue weighted by Gasteiger charge is -2.14. The van der Waals surface area contributed by atoms with E-state index in [0.717, 1.165) is 27.9 Å². The number of pyridine rings is 1. The van der Waals surface area contributed by atoms with Crippen LogP contribution in [0, 0.1) is 6.92 Å². The van der Waals surface area contributed by atoms with Crippen LogP contribution in [-0.2, 0) is 16.1 Å². The molecule has 2 aromatic carbocycles. The number of esters is 1. The predicted molar refractivity (Wildman–Crippen MR) is 121 cm³/mol. The molecule has 0 aliphatic rings. The average molecular weight is 429 g/mol. The quantitative estimate of drug-likeness (QED) is 0.438.